The number of aliphatic hydroxyl groups excluding tert-OH is 1. The summed E-state index contributed by atoms with van der Waals surface area (Å²) in [5.74, 6) is -0.366. The lowest BCUT2D eigenvalue weighted by atomic mass is 10.1. The molecule has 0 aromatic heterocycles. The number of aliphatic hydroxyl groups is 1. The molecule has 1 aromatic carbocycles. The van der Waals surface area contributed by atoms with Gasteiger partial charge in [0.05, 0.1) is 17.7 Å². The number of hydrogen-bond donors (Lipinski definition) is 3. The Kier molecular flexibility index (Phi) is 3.89. The minimum Gasteiger partial charge on any atom is -0.507 e. The van der Waals surface area contributed by atoms with Gasteiger partial charge in [0.1, 0.15) is 5.75 Å². The van der Waals surface area contributed by atoms with Gasteiger partial charge in [-0.2, -0.15) is 0 Å². The number of β-amino-alcohol motifs (C(OH)–C–C–N with tert-alkyl or cyclic N) is 1. The Morgan fingerprint density at radius 3 is 2.78 bits per heavy atom. The summed E-state index contributed by atoms with van der Waals surface area (Å²) in [6.07, 6.45) is -0.573. The van der Waals surface area contributed by atoms with E-state index in [4.69, 9.17) is 0 Å². The summed E-state index contributed by atoms with van der Waals surface area (Å²) in [6.45, 7) is 1.04. The Morgan fingerprint density at radius 2 is 2.22 bits per heavy atom. The van der Waals surface area contributed by atoms with Gasteiger partial charge in [0.15, 0.2) is 0 Å². The molecule has 0 radical (unpaired) electrons. The van der Waals surface area contributed by atoms with E-state index in [1.54, 1.807) is 19.2 Å². The van der Waals surface area contributed by atoms with Crippen LogP contribution in [0.1, 0.15) is 10.4 Å². The number of benzene rings is 1. The third kappa shape index (κ3) is 2.50. The van der Waals surface area contributed by atoms with Gasteiger partial charge in [0.25, 0.3) is 5.91 Å². The molecule has 1 heterocycles. The lowest BCUT2D eigenvalue weighted by molar-refractivity contribution is 0.0578. The summed E-state index contributed by atoms with van der Waals surface area (Å²) in [5.41, 5.74) is 0.236. The molecule has 0 bridgehead atoms. The number of nitrogens with one attached hydrogen (secondary N) is 1. The number of carbonyl (C=O) groups excluding carboxylic acids is 1. The third-order valence-electron chi connectivity index (χ3n) is 3.16. The molecule has 1 aliphatic rings. The first-order chi connectivity index (χ1) is 8.50. The van der Waals surface area contributed by atoms with Crippen molar-refractivity contribution >= 4 is 21.8 Å². The van der Waals surface area contributed by atoms with Crippen molar-refractivity contribution in [2.24, 2.45) is 0 Å². The molecule has 1 aromatic rings. The first kappa shape index (κ1) is 13.3. The molecule has 18 heavy (non-hydrogen) atoms. The lowest BCUT2D eigenvalue weighted by Crippen LogP contribution is -2.44. The highest BCUT2D eigenvalue weighted by atomic mass is 79.9. The van der Waals surface area contributed by atoms with Crippen molar-refractivity contribution in [3.8, 4) is 5.75 Å². The van der Waals surface area contributed by atoms with Gasteiger partial charge in [-0.05, 0) is 18.2 Å². The number of amides is 1. The molecule has 5 nitrogen and oxygen atoms in total. The number of rotatable bonds is 2. The predicted octanol–water partition coefficient (Wildman–Crippen LogP) is 0.559. The van der Waals surface area contributed by atoms with Crippen molar-refractivity contribution in [3.05, 3.63) is 28.2 Å². The first-order valence-electron chi connectivity index (χ1n) is 5.65. The van der Waals surface area contributed by atoms with Crippen molar-refractivity contribution < 1.29 is 15.0 Å². The van der Waals surface area contributed by atoms with E-state index in [-0.39, 0.29) is 23.3 Å². The van der Waals surface area contributed by atoms with Crippen molar-refractivity contribution in [1.29, 1.82) is 0 Å². The van der Waals surface area contributed by atoms with Crippen molar-refractivity contribution in [2.75, 3.05) is 20.1 Å². The maximum Gasteiger partial charge on any atom is 0.257 e. The summed E-state index contributed by atoms with van der Waals surface area (Å²) in [6, 6.07) is 4.47. The SMILES string of the molecule is CN(C(=O)c1ccc(Br)cc1O)[C@H]1CNC[C@@H]1O. The Morgan fingerprint density at radius 1 is 1.50 bits per heavy atom. The second kappa shape index (κ2) is 5.26. The highest BCUT2D eigenvalue weighted by Crippen LogP contribution is 2.24. The lowest BCUT2D eigenvalue weighted by Gasteiger charge is -2.26. The predicted molar refractivity (Wildman–Crippen MR) is 70.6 cm³/mol. The molecule has 0 unspecified atom stereocenters. The van der Waals surface area contributed by atoms with Crippen LogP contribution in [0.3, 0.4) is 0 Å². The average Bonchev–Trinajstić information content (AvgIpc) is 2.74. The zero-order valence-electron chi connectivity index (χ0n) is 9.93. The molecule has 1 fully saturated rings. The van der Waals surface area contributed by atoms with E-state index < -0.39 is 6.10 Å². The van der Waals surface area contributed by atoms with Gasteiger partial charge in [-0.3, -0.25) is 4.79 Å². The van der Waals surface area contributed by atoms with E-state index in [1.807, 2.05) is 0 Å². The van der Waals surface area contributed by atoms with Crippen LogP contribution in [0.5, 0.6) is 5.75 Å². The number of hydrogen-bond acceptors (Lipinski definition) is 4. The molecule has 98 valence electrons. The largest absolute Gasteiger partial charge is 0.507 e. The van der Waals surface area contributed by atoms with E-state index >= 15 is 0 Å². The number of halogens is 1. The molecule has 0 spiro atoms. The van der Waals surface area contributed by atoms with Crippen LogP contribution in [0, 0.1) is 0 Å². The molecule has 6 heteroatoms. The summed E-state index contributed by atoms with van der Waals surface area (Å²) in [4.78, 5) is 13.7. The fourth-order valence-corrected chi connectivity index (χ4v) is 2.42. The Labute approximate surface area is 114 Å². The molecule has 0 saturated carbocycles. The van der Waals surface area contributed by atoms with Crippen LogP contribution in [0.25, 0.3) is 0 Å². The smallest absolute Gasteiger partial charge is 0.257 e. The minimum absolute atomic E-state index is 0.0679. The van der Waals surface area contributed by atoms with E-state index in [0.29, 0.717) is 17.6 Å². The highest BCUT2D eigenvalue weighted by molar-refractivity contribution is 9.10. The minimum atomic E-state index is -0.573. The molecule has 1 amide bonds. The summed E-state index contributed by atoms with van der Waals surface area (Å²) in [7, 11) is 1.63. The molecule has 1 aliphatic heterocycles. The fourth-order valence-electron chi connectivity index (χ4n) is 2.07. The molecule has 2 rings (SSSR count). The van der Waals surface area contributed by atoms with Gasteiger partial charge in [-0.15, -0.1) is 0 Å². The van der Waals surface area contributed by atoms with Gasteiger partial charge in [-0.1, -0.05) is 15.9 Å². The molecule has 2 atom stereocenters. The van der Waals surface area contributed by atoms with Crippen LogP contribution in [-0.4, -0.2) is 53.3 Å². The number of aromatic hydroxyl groups is 1. The monoisotopic (exact) mass is 314 g/mol. The number of phenols is 1. The Bertz CT molecular complexity index is 467. The molecular formula is C12H15BrN2O3. The Balaban J connectivity index is 2.20. The van der Waals surface area contributed by atoms with E-state index in [9.17, 15) is 15.0 Å². The third-order valence-corrected chi connectivity index (χ3v) is 3.65. The number of phenolic OH excluding ortho intramolecular Hbond substituents is 1. The number of carbonyl (C=O) groups is 1. The molecule has 3 N–H and O–H groups in total. The highest BCUT2D eigenvalue weighted by Gasteiger charge is 2.32. The summed E-state index contributed by atoms with van der Waals surface area (Å²) < 4.78 is 0.710. The second-order valence-electron chi connectivity index (χ2n) is 4.37. The van der Waals surface area contributed by atoms with Gasteiger partial charge >= 0.3 is 0 Å². The van der Waals surface area contributed by atoms with Crippen LogP contribution >= 0.6 is 15.9 Å². The maximum atomic E-state index is 12.2. The van der Waals surface area contributed by atoms with Crippen LogP contribution in [0.15, 0.2) is 22.7 Å². The first-order valence-corrected chi connectivity index (χ1v) is 6.44. The van der Waals surface area contributed by atoms with E-state index in [0.717, 1.165) is 0 Å². The van der Waals surface area contributed by atoms with Crippen LogP contribution in [-0.2, 0) is 0 Å². The quantitative estimate of drug-likeness (QED) is 0.746. The van der Waals surface area contributed by atoms with Crippen molar-refractivity contribution in [3.63, 3.8) is 0 Å². The summed E-state index contributed by atoms with van der Waals surface area (Å²) in [5, 5.41) is 22.5. The zero-order chi connectivity index (χ0) is 13.3. The van der Waals surface area contributed by atoms with E-state index in [2.05, 4.69) is 21.2 Å². The topological polar surface area (TPSA) is 72.8 Å². The summed E-state index contributed by atoms with van der Waals surface area (Å²) >= 11 is 3.22. The normalized spacial score (nSPS) is 23.1. The van der Waals surface area contributed by atoms with Crippen LogP contribution < -0.4 is 5.32 Å². The Hall–Kier alpha value is -1.11. The zero-order valence-corrected chi connectivity index (χ0v) is 11.5. The molecular weight excluding hydrogens is 300 g/mol. The standard InChI is InChI=1S/C12H15BrN2O3/c1-15(9-5-14-6-11(9)17)12(18)8-3-2-7(13)4-10(8)16/h2-4,9,11,14,16-17H,5-6H2,1H3/t9-,11-/m0/s1. The van der Waals surface area contributed by atoms with E-state index in [1.165, 1.54) is 11.0 Å². The van der Waals surface area contributed by atoms with Crippen molar-refractivity contribution in [2.45, 2.75) is 12.1 Å². The van der Waals surface area contributed by atoms with Gasteiger partial charge in [-0.25, -0.2) is 0 Å². The van der Waals surface area contributed by atoms with Gasteiger partial charge in [0, 0.05) is 24.6 Å². The maximum absolute atomic E-state index is 12.2. The number of nitrogens with zero attached hydrogens (tertiary/aromatic N) is 1. The fraction of sp³-hybridized carbons (Fsp3) is 0.417. The van der Waals surface area contributed by atoms with Gasteiger partial charge < -0.3 is 20.4 Å². The van der Waals surface area contributed by atoms with Gasteiger partial charge in [0.2, 0.25) is 0 Å². The van der Waals surface area contributed by atoms with Crippen LogP contribution in [0.2, 0.25) is 0 Å². The molecule has 0 aliphatic carbocycles. The van der Waals surface area contributed by atoms with Crippen LogP contribution in [0.4, 0.5) is 0 Å². The second-order valence-corrected chi connectivity index (χ2v) is 5.29. The average molecular weight is 315 g/mol. The molecule has 1 saturated heterocycles. The van der Waals surface area contributed by atoms with Crippen molar-refractivity contribution in [1.82, 2.24) is 10.2 Å². The number of likely N-dealkylation sites (N-methyl/N-ethyl adjacent to an activating group) is 1.